The average molecular weight is 273 g/mol. The zero-order valence-electron chi connectivity index (χ0n) is 9.49. The Morgan fingerprint density at radius 2 is 2.06 bits per heavy atom. The van der Waals surface area contributed by atoms with Gasteiger partial charge in [0.1, 0.15) is 0 Å². The Morgan fingerprint density at radius 3 is 2.53 bits per heavy atom. The number of nitrogens with two attached hydrogens (primary N) is 1. The molecule has 0 heterocycles. The van der Waals surface area contributed by atoms with Crippen molar-refractivity contribution in [1.82, 2.24) is 4.72 Å². The number of hydrogen-bond donors (Lipinski definition) is 2. The Balaban J connectivity index is 3.16. The lowest BCUT2D eigenvalue weighted by Crippen LogP contribution is -2.41. The summed E-state index contributed by atoms with van der Waals surface area (Å²) in [4.78, 5) is 0.0303. The molecule has 0 radical (unpaired) electrons. The van der Waals surface area contributed by atoms with Crippen molar-refractivity contribution < 1.29 is 8.42 Å². The van der Waals surface area contributed by atoms with E-state index in [-0.39, 0.29) is 10.6 Å². The lowest BCUT2D eigenvalue weighted by Gasteiger charge is -2.19. The minimum absolute atomic E-state index is 0.0303. The first-order valence-electron chi connectivity index (χ1n) is 4.75. The first kappa shape index (κ1) is 13.8. The molecule has 17 heavy (non-hydrogen) atoms. The molecule has 0 aliphatic rings. The summed E-state index contributed by atoms with van der Waals surface area (Å²) < 4.78 is 26.3. The van der Waals surface area contributed by atoms with Crippen molar-refractivity contribution in [3.63, 3.8) is 0 Å². The summed E-state index contributed by atoms with van der Waals surface area (Å²) in [5.74, 6) is 2.35. The molecule has 0 aliphatic heterocycles. The molecule has 0 atom stereocenters. The fourth-order valence-corrected chi connectivity index (χ4v) is 2.61. The minimum Gasteiger partial charge on any atom is -0.397 e. The molecule has 1 aromatic carbocycles. The fourth-order valence-electron chi connectivity index (χ4n) is 1.11. The molecule has 92 valence electrons. The van der Waals surface area contributed by atoms with E-state index in [9.17, 15) is 8.42 Å². The van der Waals surface area contributed by atoms with Crippen LogP contribution in [0.2, 0.25) is 5.02 Å². The van der Waals surface area contributed by atoms with Gasteiger partial charge in [0.2, 0.25) is 10.0 Å². The number of anilines is 1. The highest BCUT2D eigenvalue weighted by Gasteiger charge is 2.24. The van der Waals surface area contributed by atoms with Gasteiger partial charge in [-0.1, -0.05) is 17.5 Å². The minimum atomic E-state index is -3.70. The third kappa shape index (κ3) is 3.37. The van der Waals surface area contributed by atoms with Crippen LogP contribution in [0.15, 0.2) is 23.1 Å². The van der Waals surface area contributed by atoms with Gasteiger partial charge in [-0.15, -0.1) is 6.42 Å². The Labute approximate surface area is 106 Å². The highest BCUT2D eigenvalue weighted by Crippen LogP contribution is 2.22. The molecule has 0 saturated carbocycles. The van der Waals surface area contributed by atoms with Gasteiger partial charge in [0.25, 0.3) is 0 Å². The SMILES string of the molecule is C#CC(C)(C)NS(=O)(=O)c1ccc(Cl)c(N)c1. The summed E-state index contributed by atoms with van der Waals surface area (Å²) in [6.07, 6.45) is 5.22. The van der Waals surface area contributed by atoms with Gasteiger partial charge in [0, 0.05) is 0 Å². The van der Waals surface area contributed by atoms with Crippen LogP contribution in [0, 0.1) is 12.3 Å². The van der Waals surface area contributed by atoms with Crippen molar-refractivity contribution >= 4 is 27.3 Å². The van der Waals surface area contributed by atoms with Crippen molar-refractivity contribution in [3.05, 3.63) is 23.2 Å². The van der Waals surface area contributed by atoms with Crippen LogP contribution in [-0.4, -0.2) is 14.0 Å². The molecule has 0 bridgehead atoms. The standard InChI is InChI=1S/C11H13ClN2O2S/c1-4-11(2,3)14-17(15,16)8-5-6-9(12)10(13)7-8/h1,5-7,14H,13H2,2-3H3. The Hall–Kier alpha value is -1.22. The van der Waals surface area contributed by atoms with Gasteiger partial charge in [0.05, 0.1) is 21.1 Å². The molecular weight excluding hydrogens is 260 g/mol. The maximum absolute atomic E-state index is 12.0. The van der Waals surface area contributed by atoms with E-state index in [1.54, 1.807) is 13.8 Å². The Kier molecular flexibility index (Phi) is 3.72. The van der Waals surface area contributed by atoms with Crippen LogP contribution in [0.1, 0.15) is 13.8 Å². The summed E-state index contributed by atoms with van der Waals surface area (Å²) in [6.45, 7) is 3.17. The summed E-state index contributed by atoms with van der Waals surface area (Å²) in [5.41, 5.74) is 4.79. The molecule has 1 rings (SSSR count). The summed E-state index contributed by atoms with van der Waals surface area (Å²) >= 11 is 5.72. The largest absolute Gasteiger partial charge is 0.397 e. The normalized spacial score (nSPS) is 12.1. The van der Waals surface area contributed by atoms with E-state index >= 15 is 0 Å². The highest BCUT2D eigenvalue weighted by molar-refractivity contribution is 7.89. The van der Waals surface area contributed by atoms with Crippen LogP contribution in [0.5, 0.6) is 0 Å². The molecule has 1 aromatic rings. The molecule has 0 spiro atoms. The van der Waals surface area contributed by atoms with Crippen molar-refractivity contribution in [2.24, 2.45) is 0 Å². The van der Waals surface area contributed by atoms with E-state index in [0.717, 1.165) is 0 Å². The van der Waals surface area contributed by atoms with Crippen molar-refractivity contribution in [3.8, 4) is 12.3 Å². The van der Waals surface area contributed by atoms with Gasteiger partial charge in [-0.05, 0) is 32.0 Å². The molecule has 0 aliphatic carbocycles. The number of hydrogen-bond acceptors (Lipinski definition) is 3. The number of nitrogen functional groups attached to an aromatic ring is 1. The van der Waals surface area contributed by atoms with Gasteiger partial charge in [-0.3, -0.25) is 0 Å². The average Bonchev–Trinajstić information content (AvgIpc) is 2.20. The summed E-state index contributed by atoms with van der Waals surface area (Å²) in [7, 11) is -3.70. The van der Waals surface area contributed by atoms with Crippen molar-refractivity contribution in [2.75, 3.05) is 5.73 Å². The molecule has 0 unspecified atom stereocenters. The van der Waals surface area contributed by atoms with Gasteiger partial charge in [0.15, 0.2) is 0 Å². The molecule has 0 fully saturated rings. The first-order chi connectivity index (χ1) is 7.68. The predicted octanol–water partition coefficient (Wildman–Crippen LogP) is 1.61. The second kappa shape index (κ2) is 4.57. The Morgan fingerprint density at radius 1 is 1.47 bits per heavy atom. The maximum Gasteiger partial charge on any atom is 0.241 e. The van der Waals surface area contributed by atoms with Gasteiger partial charge >= 0.3 is 0 Å². The summed E-state index contributed by atoms with van der Waals surface area (Å²) in [5, 5.41) is 0.306. The molecule has 3 N–H and O–H groups in total. The smallest absolute Gasteiger partial charge is 0.241 e. The highest BCUT2D eigenvalue weighted by atomic mass is 35.5. The van der Waals surface area contributed by atoms with Crippen molar-refractivity contribution in [2.45, 2.75) is 24.3 Å². The lowest BCUT2D eigenvalue weighted by molar-refractivity contribution is 0.539. The van der Waals surface area contributed by atoms with Gasteiger partial charge < -0.3 is 5.73 Å². The first-order valence-corrected chi connectivity index (χ1v) is 6.61. The summed E-state index contributed by atoms with van der Waals surface area (Å²) in [6, 6.07) is 4.08. The molecular formula is C11H13ClN2O2S. The van der Waals surface area contributed by atoms with Gasteiger partial charge in [-0.2, -0.15) is 4.72 Å². The van der Waals surface area contributed by atoms with Crippen LogP contribution < -0.4 is 10.5 Å². The molecule has 6 heteroatoms. The van der Waals surface area contributed by atoms with E-state index in [2.05, 4.69) is 10.6 Å². The van der Waals surface area contributed by atoms with Crippen LogP contribution in [0.25, 0.3) is 0 Å². The number of sulfonamides is 1. The van der Waals surface area contributed by atoms with Crippen LogP contribution in [0.4, 0.5) is 5.69 Å². The lowest BCUT2D eigenvalue weighted by atomic mass is 10.1. The number of halogens is 1. The maximum atomic E-state index is 12.0. The zero-order valence-corrected chi connectivity index (χ0v) is 11.1. The predicted molar refractivity (Wildman–Crippen MR) is 69.1 cm³/mol. The van der Waals surface area contributed by atoms with E-state index < -0.39 is 15.6 Å². The van der Waals surface area contributed by atoms with E-state index in [4.69, 9.17) is 23.8 Å². The second-order valence-electron chi connectivity index (χ2n) is 4.06. The third-order valence-corrected chi connectivity index (χ3v) is 4.03. The van der Waals surface area contributed by atoms with Gasteiger partial charge in [-0.25, -0.2) is 8.42 Å². The van der Waals surface area contributed by atoms with E-state index in [0.29, 0.717) is 5.02 Å². The molecule has 0 aromatic heterocycles. The third-order valence-electron chi connectivity index (χ3n) is 2.03. The Bertz CT molecular complexity index is 574. The monoisotopic (exact) mass is 272 g/mol. The number of nitrogens with one attached hydrogen (secondary N) is 1. The van der Waals surface area contributed by atoms with Crippen molar-refractivity contribution in [1.29, 1.82) is 0 Å². The van der Waals surface area contributed by atoms with E-state index in [1.165, 1.54) is 18.2 Å². The topological polar surface area (TPSA) is 72.2 Å². The molecule has 4 nitrogen and oxygen atoms in total. The quantitative estimate of drug-likeness (QED) is 0.649. The molecule has 0 amide bonds. The fraction of sp³-hybridized carbons (Fsp3) is 0.273. The molecule has 0 saturated heterocycles. The van der Waals surface area contributed by atoms with E-state index in [1.807, 2.05) is 0 Å². The zero-order chi connectivity index (χ0) is 13.3. The van der Waals surface area contributed by atoms with Crippen LogP contribution >= 0.6 is 11.6 Å². The second-order valence-corrected chi connectivity index (χ2v) is 6.15. The van der Waals surface area contributed by atoms with Crippen LogP contribution in [0.3, 0.4) is 0 Å². The number of benzene rings is 1. The number of rotatable bonds is 3. The van der Waals surface area contributed by atoms with Crippen LogP contribution in [-0.2, 0) is 10.0 Å². The number of terminal acetylenes is 1.